The molecule has 0 aliphatic heterocycles. The van der Waals surface area contributed by atoms with Crippen molar-refractivity contribution in [1.82, 2.24) is 15.2 Å². The lowest BCUT2D eigenvalue weighted by Crippen LogP contribution is -2.19. The Morgan fingerprint density at radius 1 is 1.07 bits per heavy atom. The summed E-state index contributed by atoms with van der Waals surface area (Å²) in [5.41, 5.74) is 6.07. The van der Waals surface area contributed by atoms with Crippen LogP contribution in [0, 0.1) is 18.3 Å². The van der Waals surface area contributed by atoms with Crippen LogP contribution in [0.3, 0.4) is 0 Å². The molecule has 0 atom stereocenters. The van der Waals surface area contributed by atoms with Crippen molar-refractivity contribution < 1.29 is 0 Å². The Hall–Kier alpha value is -3.76. The van der Waals surface area contributed by atoms with Gasteiger partial charge in [0.25, 0.3) is 0 Å². The molecule has 0 saturated heterocycles. The van der Waals surface area contributed by atoms with Crippen LogP contribution in [-0.2, 0) is 0 Å². The van der Waals surface area contributed by atoms with Crippen LogP contribution >= 0.6 is 12.2 Å². The van der Waals surface area contributed by atoms with Gasteiger partial charge >= 0.3 is 0 Å². The number of hydrogen-bond donors (Lipinski definition) is 3. The molecule has 0 aliphatic rings. The van der Waals surface area contributed by atoms with E-state index < -0.39 is 0 Å². The van der Waals surface area contributed by atoms with Gasteiger partial charge in [0.15, 0.2) is 10.8 Å². The summed E-state index contributed by atoms with van der Waals surface area (Å²) in [6.07, 6.45) is 1.76. The number of nitrogens with zero attached hydrogens (tertiary/aromatic N) is 3. The van der Waals surface area contributed by atoms with Gasteiger partial charge in [-0.25, -0.2) is 4.98 Å². The van der Waals surface area contributed by atoms with Crippen LogP contribution in [0.15, 0.2) is 60.8 Å². The van der Waals surface area contributed by atoms with Crippen LogP contribution in [-0.4, -0.2) is 20.3 Å². The van der Waals surface area contributed by atoms with Gasteiger partial charge in [0.1, 0.15) is 0 Å². The zero-order chi connectivity index (χ0) is 19.5. The highest BCUT2D eigenvalue weighted by atomic mass is 32.1. The summed E-state index contributed by atoms with van der Waals surface area (Å²) in [4.78, 5) is 4.30. The van der Waals surface area contributed by atoms with Gasteiger partial charge in [0.05, 0.1) is 11.6 Å². The van der Waals surface area contributed by atoms with Crippen LogP contribution < -0.4 is 10.6 Å². The number of fused-ring (bicyclic) bond motifs is 1. The molecule has 2 heterocycles. The predicted octanol–water partition coefficient (Wildman–Crippen LogP) is 4.61. The summed E-state index contributed by atoms with van der Waals surface area (Å²) in [6, 6.07) is 19.3. The van der Waals surface area contributed by atoms with Crippen LogP contribution in [0.25, 0.3) is 22.2 Å². The van der Waals surface area contributed by atoms with Crippen LogP contribution in [0.1, 0.15) is 11.3 Å². The Balaban J connectivity index is 1.51. The predicted molar refractivity (Wildman–Crippen MR) is 115 cm³/mol. The Bertz CT molecular complexity index is 1200. The summed E-state index contributed by atoms with van der Waals surface area (Å²) in [7, 11) is 0. The van der Waals surface area contributed by atoms with Crippen molar-refractivity contribution in [2.45, 2.75) is 6.92 Å². The van der Waals surface area contributed by atoms with E-state index in [2.05, 4.69) is 31.9 Å². The quantitative estimate of drug-likeness (QED) is 0.447. The first-order chi connectivity index (χ1) is 13.6. The van der Waals surface area contributed by atoms with Crippen molar-refractivity contribution in [1.29, 1.82) is 5.26 Å². The minimum Gasteiger partial charge on any atom is -0.332 e. The van der Waals surface area contributed by atoms with Crippen LogP contribution in [0.4, 0.5) is 11.4 Å². The Kier molecular flexibility index (Phi) is 4.70. The van der Waals surface area contributed by atoms with Gasteiger partial charge in [-0.05, 0) is 66.7 Å². The molecule has 2 aromatic carbocycles. The fraction of sp³-hybridized carbons (Fsp3) is 0.0476. The summed E-state index contributed by atoms with van der Waals surface area (Å²) in [5, 5.41) is 23.9. The fourth-order valence-corrected chi connectivity index (χ4v) is 3.27. The first-order valence-corrected chi connectivity index (χ1v) is 9.03. The molecule has 4 aromatic rings. The topological polar surface area (TPSA) is 89.4 Å². The second-order valence-corrected chi connectivity index (χ2v) is 6.66. The molecule has 136 valence electrons. The van der Waals surface area contributed by atoms with Gasteiger partial charge in [-0.15, -0.1) is 0 Å². The summed E-state index contributed by atoms with van der Waals surface area (Å²) < 4.78 is 0. The Morgan fingerprint density at radius 3 is 2.64 bits per heavy atom. The molecular weight excluding hydrogens is 368 g/mol. The number of hydrogen-bond acceptors (Lipinski definition) is 4. The molecule has 0 fully saturated rings. The van der Waals surface area contributed by atoms with Gasteiger partial charge in [-0.1, -0.05) is 18.2 Å². The minimum atomic E-state index is 0.458. The fourth-order valence-electron chi connectivity index (χ4n) is 3.03. The van der Waals surface area contributed by atoms with Gasteiger partial charge in [-0.3, -0.25) is 5.10 Å². The molecule has 28 heavy (non-hydrogen) atoms. The van der Waals surface area contributed by atoms with Crippen LogP contribution in [0.5, 0.6) is 0 Å². The highest BCUT2D eigenvalue weighted by molar-refractivity contribution is 7.80. The first-order valence-electron chi connectivity index (χ1n) is 8.62. The first kappa shape index (κ1) is 17.6. The molecule has 0 bridgehead atoms. The normalized spacial score (nSPS) is 10.4. The van der Waals surface area contributed by atoms with E-state index in [4.69, 9.17) is 17.5 Å². The molecule has 3 N–H and O–H groups in total. The number of H-pyrrole nitrogens is 1. The molecule has 0 radical (unpaired) electrons. The standard InChI is InChI=1S/C21H16N6S/c1-13-19-18(9-10-23-20(19)27-26-13)15-5-7-16(8-6-15)24-21(28)25-17-4-2-3-14(11-17)12-22/h2-11H,1H3,(H,23,26,27)(H2,24,25,28). The van der Waals surface area contributed by atoms with Gasteiger partial charge < -0.3 is 10.6 Å². The van der Waals surface area contributed by atoms with Crippen molar-refractivity contribution in [3.05, 3.63) is 72.1 Å². The van der Waals surface area contributed by atoms with Crippen molar-refractivity contribution in [2.24, 2.45) is 0 Å². The zero-order valence-corrected chi connectivity index (χ0v) is 15.8. The molecule has 4 rings (SSSR count). The Labute approximate surface area is 167 Å². The second kappa shape index (κ2) is 7.47. The lowest BCUT2D eigenvalue weighted by Gasteiger charge is -2.11. The van der Waals surface area contributed by atoms with Gasteiger partial charge in [0, 0.05) is 28.7 Å². The van der Waals surface area contributed by atoms with E-state index in [0.29, 0.717) is 16.3 Å². The van der Waals surface area contributed by atoms with E-state index in [-0.39, 0.29) is 0 Å². The number of nitriles is 1. The number of aromatic amines is 1. The molecule has 7 heteroatoms. The molecule has 0 aliphatic carbocycles. The number of benzene rings is 2. The molecular formula is C21H16N6S. The number of anilines is 2. The average Bonchev–Trinajstić information content (AvgIpc) is 3.10. The third-order valence-electron chi connectivity index (χ3n) is 4.34. The van der Waals surface area contributed by atoms with Crippen LogP contribution in [0.2, 0.25) is 0 Å². The van der Waals surface area contributed by atoms with Gasteiger partial charge in [0.2, 0.25) is 0 Å². The maximum atomic E-state index is 8.98. The van der Waals surface area contributed by atoms with Crippen molar-refractivity contribution in [2.75, 3.05) is 10.6 Å². The van der Waals surface area contributed by atoms with E-state index in [9.17, 15) is 0 Å². The lowest BCUT2D eigenvalue weighted by atomic mass is 10.0. The number of rotatable bonds is 3. The number of aryl methyl sites for hydroxylation is 1. The third-order valence-corrected chi connectivity index (χ3v) is 4.54. The van der Waals surface area contributed by atoms with E-state index in [1.54, 1.807) is 18.3 Å². The van der Waals surface area contributed by atoms with Crippen molar-refractivity contribution >= 4 is 39.7 Å². The number of thiocarbonyl (C=S) groups is 1. The van der Waals surface area contributed by atoms with Crippen molar-refractivity contribution in [3.63, 3.8) is 0 Å². The maximum absolute atomic E-state index is 8.98. The molecule has 6 nitrogen and oxygen atoms in total. The second-order valence-electron chi connectivity index (χ2n) is 6.25. The maximum Gasteiger partial charge on any atom is 0.181 e. The average molecular weight is 384 g/mol. The zero-order valence-electron chi connectivity index (χ0n) is 15.0. The molecule has 0 amide bonds. The highest BCUT2D eigenvalue weighted by Crippen LogP contribution is 2.29. The lowest BCUT2D eigenvalue weighted by molar-refractivity contribution is 1.05. The van der Waals surface area contributed by atoms with Crippen molar-refractivity contribution in [3.8, 4) is 17.2 Å². The molecule has 0 unspecified atom stereocenters. The number of pyridine rings is 1. The number of nitrogens with one attached hydrogen (secondary N) is 3. The molecule has 2 aromatic heterocycles. The Morgan fingerprint density at radius 2 is 1.86 bits per heavy atom. The SMILES string of the molecule is Cc1[nH]nc2nccc(-c3ccc(NC(=S)Nc4cccc(C#N)c4)cc3)c12. The third kappa shape index (κ3) is 3.54. The molecule has 0 saturated carbocycles. The number of aromatic nitrogens is 3. The minimum absolute atomic E-state index is 0.458. The summed E-state index contributed by atoms with van der Waals surface area (Å²) in [5.74, 6) is 0. The highest BCUT2D eigenvalue weighted by Gasteiger charge is 2.10. The summed E-state index contributed by atoms with van der Waals surface area (Å²) >= 11 is 5.37. The van der Waals surface area contributed by atoms with Gasteiger partial charge in [-0.2, -0.15) is 10.4 Å². The van der Waals surface area contributed by atoms with E-state index in [0.717, 1.165) is 33.6 Å². The van der Waals surface area contributed by atoms with E-state index >= 15 is 0 Å². The summed E-state index contributed by atoms with van der Waals surface area (Å²) in [6.45, 7) is 1.99. The molecule has 0 spiro atoms. The monoisotopic (exact) mass is 384 g/mol. The largest absolute Gasteiger partial charge is 0.332 e. The smallest absolute Gasteiger partial charge is 0.181 e. The van der Waals surface area contributed by atoms with E-state index in [1.807, 2.05) is 49.4 Å². The van der Waals surface area contributed by atoms with E-state index in [1.165, 1.54) is 0 Å².